The Morgan fingerprint density at radius 1 is 1.12 bits per heavy atom. The molecule has 17 heavy (non-hydrogen) atoms. The summed E-state index contributed by atoms with van der Waals surface area (Å²) in [5.41, 5.74) is 5.57. The molecule has 0 saturated heterocycles. The molecule has 4 nitrogen and oxygen atoms in total. The molecule has 0 spiro atoms. The van der Waals surface area contributed by atoms with Gasteiger partial charge in [0.05, 0.1) is 7.11 Å². The largest absolute Gasteiger partial charge is 0.468 e. The predicted octanol–water partition coefficient (Wildman–Crippen LogP) is 2.25. The van der Waals surface area contributed by atoms with Crippen LogP contribution in [0.4, 0.5) is 0 Å². The van der Waals surface area contributed by atoms with Crippen LogP contribution in [0.3, 0.4) is 0 Å². The van der Waals surface area contributed by atoms with Crippen LogP contribution in [0.2, 0.25) is 0 Å². The predicted molar refractivity (Wildman–Crippen MR) is 68.8 cm³/mol. The maximum atomic E-state index is 11.0. The van der Waals surface area contributed by atoms with Crippen LogP contribution >= 0.6 is 0 Å². The molecule has 1 atom stereocenters. The normalized spacial score (nSPS) is 12.4. The van der Waals surface area contributed by atoms with Crippen LogP contribution in [0, 0.1) is 0 Å². The summed E-state index contributed by atoms with van der Waals surface area (Å²) >= 11 is 0. The molecule has 0 fully saturated rings. The highest BCUT2D eigenvalue weighted by atomic mass is 16.5. The van der Waals surface area contributed by atoms with Gasteiger partial charge in [-0.1, -0.05) is 39.0 Å². The number of hydrogen-bond donors (Lipinski definition) is 1. The average Bonchev–Trinajstić information content (AvgIpc) is 2.35. The van der Waals surface area contributed by atoms with Crippen LogP contribution in [-0.2, 0) is 14.3 Å². The second-order valence-corrected chi connectivity index (χ2v) is 4.30. The van der Waals surface area contributed by atoms with Gasteiger partial charge in [-0.25, -0.2) is 0 Å². The molecule has 2 N–H and O–H groups in total. The number of carbonyl (C=O) groups excluding carboxylic acids is 1. The zero-order chi connectivity index (χ0) is 12.9. The van der Waals surface area contributed by atoms with Gasteiger partial charge in [0.2, 0.25) is 0 Å². The van der Waals surface area contributed by atoms with Crippen molar-refractivity contribution in [2.75, 3.05) is 20.3 Å². The van der Waals surface area contributed by atoms with E-state index in [1.165, 1.54) is 39.2 Å². The highest BCUT2D eigenvalue weighted by Crippen LogP contribution is 2.05. The number of rotatable bonds is 11. The van der Waals surface area contributed by atoms with Gasteiger partial charge in [-0.3, -0.25) is 4.79 Å². The summed E-state index contributed by atoms with van der Waals surface area (Å²) in [4.78, 5) is 11.0. The quantitative estimate of drug-likeness (QED) is 0.448. The third-order valence-corrected chi connectivity index (χ3v) is 2.72. The number of hydrogen-bond acceptors (Lipinski definition) is 4. The van der Waals surface area contributed by atoms with Gasteiger partial charge in [0.25, 0.3) is 0 Å². The van der Waals surface area contributed by atoms with Crippen LogP contribution in [0.5, 0.6) is 0 Å². The van der Waals surface area contributed by atoms with Crippen LogP contribution in [-0.4, -0.2) is 32.3 Å². The Morgan fingerprint density at radius 2 is 1.76 bits per heavy atom. The van der Waals surface area contributed by atoms with Crippen molar-refractivity contribution in [3.8, 4) is 0 Å². The van der Waals surface area contributed by atoms with Gasteiger partial charge in [-0.2, -0.15) is 0 Å². The Hall–Kier alpha value is -0.610. The molecule has 0 aliphatic carbocycles. The SMILES string of the molecule is CCCCCCCCOCCC(N)C(=O)OC. The second-order valence-electron chi connectivity index (χ2n) is 4.30. The van der Waals surface area contributed by atoms with E-state index in [2.05, 4.69) is 11.7 Å². The number of unbranched alkanes of at least 4 members (excludes halogenated alkanes) is 5. The van der Waals surface area contributed by atoms with E-state index >= 15 is 0 Å². The first kappa shape index (κ1) is 16.4. The van der Waals surface area contributed by atoms with Gasteiger partial charge in [-0.05, 0) is 12.8 Å². The van der Waals surface area contributed by atoms with E-state index in [-0.39, 0.29) is 5.97 Å². The molecule has 0 radical (unpaired) electrons. The van der Waals surface area contributed by atoms with Crippen molar-refractivity contribution < 1.29 is 14.3 Å². The highest BCUT2D eigenvalue weighted by Gasteiger charge is 2.12. The summed E-state index contributed by atoms with van der Waals surface area (Å²) < 4.78 is 9.94. The van der Waals surface area contributed by atoms with E-state index in [0.717, 1.165) is 13.0 Å². The average molecular weight is 245 g/mol. The molecule has 0 amide bonds. The van der Waals surface area contributed by atoms with Crippen LogP contribution in [0.25, 0.3) is 0 Å². The standard InChI is InChI=1S/C13H27NO3/c1-3-4-5-6-7-8-10-17-11-9-12(14)13(15)16-2/h12H,3-11,14H2,1-2H3. The molecule has 1 unspecified atom stereocenters. The van der Waals surface area contributed by atoms with E-state index in [9.17, 15) is 4.79 Å². The van der Waals surface area contributed by atoms with Crippen LogP contribution in [0.15, 0.2) is 0 Å². The Balaban J connectivity index is 3.15. The molecule has 0 heterocycles. The summed E-state index contributed by atoms with van der Waals surface area (Å²) in [6.45, 7) is 3.51. The fourth-order valence-electron chi connectivity index (χ4n) is 1.57. The van der Waals surface area contributed by atoms with Gasteiger partial charge in [0.15, 0.2) is 0 Å². The van der Waals surface area contributed by atoms with Gasteiger partial charge in [0.1, 0.15) is 6.04 Å². The molecule has 0 aromatic carbocycles. The maximum Gasteiger partial charge on any atom is 0.322 e. The molecular weight excluding hydrogens is 218 g/mol. The topological polar surface area (TPSA) is 61.5 Å². The lowest BCUT2D eigenvalue weighted by Gasteiger charge is -2.09. The number of carbonyl (C=O) groups is 1. The second kappa shape index (κ2) is 11.9. The smallest absolute Gasteiger partial charge is 0.322 e. The van der Waals surface area contributed by atoms with Gasteiger partial charge >= 0.3 is 5.97 Å². The van der Waals surface area contributed by atoms with Gasteiger partial charge in [-0.15, -0.1) is 0 Å². The molecular formula is C13H27NO3. The third kappa shape index (κ3) is 10.3. The van der Waals surface area contributed by atoms with Crippen LogP contribution in [0.1, 0.15) is 51.9 Å². The Labute approximate surface area is 105 Å². The Bertz CT molecular complexity index is 186. The molecule has 102 valence electrons. The van der Waals surface area contributed by atoms with Gasteiger partial charge < -0.3 is 15.2 Å². The monoisotopic (exact) mass is 245 g/mol. The summed E-state index contributed by atoms with van der Waals surface area (Å²) in [6.07, 6.45) is 8.07. The number of ether oxygens (including phenoxy) is 2. The van der Waals surface area contributed by atoms with Crippen molar-refractivity contribution in [2.24, 2.45) is 5.73 Å². The first-order chi connectivity index (χ1) is 8.22. The minimum Gasteiger partial charge on any atom is -0.468 e. The molecule has 0 saturated carbocycles. The zero-order valence-electron chi connectivity index (χ0n) is 11.2. The van der Waals surface area contributed by atoms with Crippen molar-refractivity contribution in [3.63, 3.8) is 0 Å². The first-order valence-corrected chi connectivity index (χ1v) is 6.63. The van der Waals surface area contributed by atoms with E-state index < -0.39 is 6.04 Å². The van der Waals surface area contributed by atoms with E-state index in [4.69, 9.17) is 10.5 Å². The van der Waals surface area contributed by atoms with Gasteiger partial charge in [0, 0.05) is 13.2 Å². The number of methoxy groups -OCH3 is 1. The minimum absolute atomic E-state index is 0.367. The number of esters is 1. The molecule has 4 heteroatoms. The minimum atomic E-state index is -0.551. The number of nitrogens with two attached hydrogens (primary N) is 1. The zero-order valence-corrected chi connectivity index (χ0v) is 11.2. The molecule has 0 aliphatic heterocycles. The summed E-state index contributed by atoms with van der Waals surface area (Å²) in [6, 6.07) is -0.551. The molecule has 0 aromatic heterocycles. The molecule has 0 aromatic rings. The first-order valence-electron chi connectivity index (χ1n) is 6.63. The molecule has 0 aliphatic rings. The van der Waals surface area contributed by atoms with E-state index in [0.29, 0.717) is 13.0 Å². The van der Waals surface area contributed by atoms with E-state index in [1.54, 1.807) is 0 Å². The molecule has 0 rings (SSSR count). The lowest BCUT2D eigenvalue weighted by atomic mass is 10.1. The highest BCUT2D eigenvalue weighted by molar-refractivity contribution is 5.75. The molecule has 0 bridgehead atoms. The summed E-state index contributed by atoms with van der Waals surface area (Å²) in [5.74, 6) is -0.367. The fourth-order valence-corrected chi connectivity index (χ4v) is 1.57. The fraction of sp³-hybridized carbons (Fsp3) is 0.923. The van der Waals surface area contributed by atoms with Crippen molar-refractivity contribution >= 4 is 5.97 Å². The maximum absolute atomic E-state index is 11.0. The third-order valence-electron chi connectivity index (χ3n) is 2.72. The summed E-state index contributed by atoms with van der Waals surface area (Å²) in [5, 5.41) is 0. The summed E-state index contributed by atoms with van der Waals surface area (Å²) in [7, 11) is 1.35. The lowest BCUT2D eigenvalue weighted by molar-refractivity contribution is -0.142. The Kier molecular flexibility index (Phi) is 11.4. The van der Waals surface area contributed by atoms with Crippen molar-refractivity contribution in [1.29, 1.82) is 0 Å². The van der Waals surface area contributed by atoms with Crippen LogP contribution < -0.4 is 5.73 Å². The van der Waals surface area contributed by atoms with E-state index in [1.807, 2.05) is 0 Å². The lowest BCUT2D eigenvalue weighted by Crippen LogP contribution is -2.32. The van der Waals surface area contributed by atoms with Crippen molar-refractivity contribution in [2.45, 2.75) is 57.9 Å². The van der Waals surface area contributed by atoms with Crippen molar-refractivity contribution in [3.05, 3.63) is 0 Å². The Morgan fingerprint density at radius 3 is 2.41 bits per heavy atom. The van der Waals surface area contributed by atoms with Crippen molar-refractivity contribution in [1.82, 2.24) is 0 Å².